The first kappa shape index (κ1) is 31.3. The summed E-state index contributed by atoms with van der Waals surface area (Å²) < 4.78 is 0. The van der Waals surface area contributed by atoms with Crippen molar-refractivity contribution >= 4 is 23.6 Å². The first-order chi connectivity index (χ1) is 15.6. The Morgan fingerprint density at radius 1 is 0.971 bits per heavy atom. The van der Waals surface area contributed by atoms with Crippen molar-refractivity contribution in [3.05, 3.63) is 58.7 Å². The molecule has 1 amide bonds. The van der Waals surface area contributed by atoms with E-state index < -0.39 is 17.9 Å². The van der Waals surface area contributed by atoms with Gasteiger partial charge in [0.25, 0.3) is 0 Å². The molecular weight excluding hydrogens is 450 g/mol. The second kappa shape index (κ2) is 16.9. The predicted molar refractivity (Wildman–Crippen MR) is 143 cm³/mol. The molecule has 0 aliphatic carbocycles. The second-order valence-corrected chi connectivity index (χ2v) is 9.53. The van der Waals surface area contributed by atoms with Crippen molar-refractivity contribution in [2.45, 2.75) is 73.3 Å². The van der Waals surface area contributed by atoms with Gasteiger partial charge < -0.3 is 20.6 Å². The number of nitrogens with one attached hydrogen (secondary N) is 1. The molecule has 0 spiro atoms. The Balaban J connectivity index is 0.0000109. The van der Waals surface area contributed by atoms with Crippen molar-refractivity contribution in [2.75, 3.05) is 11.5 Å². The summed E-state index contributed by atoms with van der Waals surface area (Å²) in [6.45, 7) is 8.47. The molecule has 0 unspecified atom stereocenters. The van der Waals surface area contributed by atoms with E-state index in [2.05, 4.69) is 51.2 Å². The summed E-state index contributed by atoms with van der Waals surface area (Å²) in [6.07, 6.45) is 10.7. The van der Waals surface area contributed by atoms with Crippen molar-refractivity contribution in [3.8, 4) is 11.5 Å². The van der Waals surface area contributed by atoms with E-state index >= 15 is 0 Å². The molecule has 0 aromatic heterocycles. The SMILES string of the molecule is C.CC(C)=CCC/C(C)=C/CC/C(C)=C/CSC[C@H](NC(=O)Cc1ccc(O)c(O)c1)C(=O)O. The van der Waals surface area contributed by atoms with Crippen LogP contribution in [-0.2, 0) is 16.0 Å². The monoisotopic (exact) mass is 491 g/mol. The molecule has 0 heterocycles. The first-order valence-corrected chi connectivity index (χ1v) is 12.3. The number of carboxylic acids is 1. The Labute approximate surface area is 208 Å². The minimum Gasteiger partial charge on any atom is -0.504 e. The number of thioether (sulfide) groups is 1. The van der Waals surface area contributed by atoms with Gasteiger partial charge in [0, 0.05) is 11.5 Å². The second-order valence-electron chi connectivity index (χ2n) is 8.46. The average molecular weight is 492 g/mol. The van der Waals surface area contributed by atoms with Gasteiger partial charge in [0.05, 0.1) is 6.42 Å². The number of rotatable bonds is 14. The average Bonchev–Trinajstić information content (AvgIpc) is 2.72. The maximum atomic E-state index is 12.2. The van der Waals surface area contributed by atoms with Crippen molar-refractivity contribution in [1.29, 1.82) is 0 Å². The molecule has 7 heteroatoms. The smallest absolute Gasteiger partial charge is 0.327 e. The summed E-state index contributed by atoms with van der Waals surface area (Å²) in [5.74, 6) is -1.18. The van der Waals surface area contributed by atoms with Gasteiger partial charge in [0.2, 0.25) is 5.91 Å². The zero-order valence-electron chi connectivity index (χ0n) is 20.1. The zero-order valence-corrected chi connectivity index (χ0v) is 20.9. The highest BCUT2D eigenvalue weighted by Gasteiger charge is 2.20. The van der Waals surface area contributed by atoms with E-state index in [4.69, 9.17) is 0 Å². The fourth-order valence-corrected chi connectivity index (χ4v) is 4.01. The van der Waals surface area contributed by atoms with E-state index in [0.29, 0.717) is 11.3 Å². The summed E-state index contributed by atoms with van der Waals surface area (Å²) in [4.78, 5) is 23.7. The topological polar surface area (TPSA) is 107 Å². The minimum absolute atomic E-state index is 0. The minimum atomic E-state index is -1.08. The number of phenolic OH excluding ortho intramolecular Hbond substituents is 2. The number of amides is 1. The van der Waals surface area contributed by atoms with Gasteiger partial charge in [-0.1, -0.05) is 48.4 Å². The lowest BCUT2D eigenvalue weighted by Crippen LogP contribution is -2.43. The Morgan fingerprint density at radius 3 is 2.18 bits per heavy atom. The van der Waals surface area contributed by atoms with Crippen molar-refractivity contribution in [1.82, 2.24) is 5.32 Å². The normalized spacial score (nSPS) is 12.5. The van der Waals surface area contributed by atoms with E-state index in [9.17, 15) is 24.9 Å². The fraction of sp³-hybridized carbons (Fsp3) is 0.481. The largest absolute Gasteiger partial charge is 0.504 e. The number of carbonyl (C=O) groups excluding carboxylic acids is 1. The van der Waals surface area contributed by atoms with Crippen LogP contribution < -0.4 is 5.32 Å². The van der Waals surface area contributed by atoms with E-state index in [1.165, 1.54) is 46.7 Å². The van der Waals surface area contributed by atoms with E-state index in [1.54, 1.807) is 0 Å². The lowest BCUT2D eigenvalue weighted by atomic mass is 10.1. The van der Waals surface area contributed by atoms with Crippen LogP contribution in [0.3, 0.4) is 0 Å². The van der Waals surface area contributed by atoms with Crippen LogP contribution in [-0.4, -0.2) is 44.7 Å². The van der Waals surface area contributed by atoms with Crippen LogP contribution in [0.4, 0.5) is 0 Å². The molecule has 0 aliphatic rings. The number of phenols is 2. The maximum absolute atomic E-state index is 12.2. The van der Waals surface area contributed by atoms with Gasteiger partial charge in [-0.25, -0.2) is 4.79 Å². The molecule has 1 atom stereocenters. The summed E-state index contributed by atoms with van der Waals surface area (Å²) >= 11 is 1.46. The summed E-state index contributed by atoms with van der Waals surface area (Å²) in [5.41, 5.74) is 4.50. The molecule has 1 rings (SSSR count). The van der Waals surface area contributed by atoms with Crippen molar-refractivity contribution < 1.29 is 24.9 Å². The third-order valence-electron chi connectivity index (χ3n) is 4.99. The van der Waals surface area contributed by atoms with E-state index in [1.807, 2.05) is 0 Å². The molecule has 0 radical (unpaired) electrons. The lowest BCUT2D eigenvalue weighted by Gasteiger charge is -2.14. The standard InChI is InChI=1S/C26H37NO5S.CH4/c1-18(2)7-5-8-19(3)9-6-10-20(4)13-14-33-17-22(26(31)32)27-25(30)16-21-11-12-23(28)24(29)15-21;/h7,9,11-13,15,22,28-29H,5-6,8,10,14,16-17H2,1-4H3,(H,27,30)(H,31,32);1H4/b19-9+,20-13+;/t22-;/m0./s1. The van der Waals surface area contributed by atoms with Crippen LogP contribution in [0.1, 0.15) is 66.4 Å². The Hall–Kier alpha value is -2.67. The number of hydrogen-bond donors (Lipinski definition) is 4. The Kier molecular flexibility index (Phi) is 15.5. The third kappa shape index (κ3) is 13.8. The number of allylic oxidation sites excluding steroid dienone is 5. The van der Waals surface area contributed by atoms with E-state index in [-0.39, 0.29) is 31.1 Å². The van der Waals surface area contributed by atoms with Crippen LogP contribution >= 0.6 is 11.8 Å². The molecule has 1 aromatic rings. The van der Waals surface area contributed by atoms with Crippen LogP contribution in [0.5, 0.6) is 11.5 Å². The fourth-order valence-electron chi connectivity index (χ4n) is 3.01. The third-order valence-corrected chi connectivity index (χ3v) is 5.97. The highest BCUT2D eigenvalue weighted by molar-refractivity contribution is 7.99. The molecular formula is C27H41NO5S. The molecule has 0 fully saturated rings. The molecule has 4 N–H and O–H groups in total. The van der Waals surface area contributed by atoms with Gasteiger partial charge in [-0.3, -0.25) is 4.79 Å². The number of carboxylic acid groups (broad SMARTS) is 1. The summed E-state index contributed by atoms with van der Waals surface area (Å²) in [5, 5.41) is 30.8. The van der Waals surface area contributed by atoms with Crippen molar-refractivity contribution in [3.63, 3.8) is 0 Å². The first-order valence-electron chi connectivity index (χ1n) is 11.1. The molecule has 190 valence electrons. The highest BCUT2D eigenvalue weighted by atomic mass is 32.2. The van der Waals surface area contributed by atoms with Gasteiger partial charge in [-0.05, 0) is 71.1 Å². The van der Waals surface area contributed by atoms with Gasteiger partial charge >= 0.3 is 5.97 Å². The number of aromatic hydroxyl groups is 2. The van der Waals surface area contributed by atoms with Crippen molar-refractivity contribution in [2.24, 2.45) is 0 Å². The maximum Gasteiger partial charge on any atom is 0.327 e. The van der Waals surface area contributed by atoms with Crippen LogP contribution in [0.2, 0.25) is 0 Å². The van der Waals surface area contributed by atoms with E-state index in [0.717, 1.165) is 25.7 Å². The molecule has 1 aromatic carbocycles. The molecule has 0 bridgehead atoms. The van der Waals surface area contributed by atoms with Crippen LogP contribution in [0.15, 0.2) is 53.1 Å². The number of benzene rings is 1. The molecule has 0 saturated heterocycles. The molecule has 0 aliphatic heterocycles. The van der Waals surface area contributed by atoms with Gasteiger partial charge in [-0.15, -0.1) is 0 Å². The Bertz CT molecular complexity index is 885. The van der Waals surface area contributed by atoms with Crippen LogP contribution in [0.25, 0.3) is 0 Å². The zero-order chi connectivity index (χ0) is 24.8. The lowest BCUT2D eigenvalue weighted by molar-refractivity contribution is -0.141. The van der Waals surface area contributed by atoms with Gasteiger partial charge in [0.1, 0.15) is 6.04 Å². The summed E-state index contributed by atoms with van der Waals surface area (Å²) in [6, 6.07) is 3.09. The molecule has 34 heavy (non-hydrogen) atoms. The predicted octanol–water partition coefficient (Wildman–Crippen LogP) is 6.00. The Morgan fingerprint density at radius 2 is 1.59 bits per heavy atom. The quantitative estimate of drug-likeness (QED) is 0.144. The number of aliphatic carboxylic acids is 1. The number of hydrogen-bond acceptors (Lipinski definition) is 5. The van der Waals surface area contributed by atoms with Gasteiger partial charge in [0.15, 0.2) is 11.5 Å². The van der Waals surface area contributed by atoms with Crippen LogP contribution in [0, 0.1) is 0 Å². The molecule has 0 saturated carbocycles. The highest BCUT2D eigenvalue weighted by Crippen LogP contribution is 2.25. The molecule has 6 nitrogen and oxygen atoms in total. The summed E-state index contributed by atoms with van der Waals surface area (Å²) in [7, 11) is 0. The van der Waals surface area contributed by atoms with Gasteiger partial charge in [-0.2, -0.15) is 11.8 Å². The number of carbonyl (C=O) groups is 2.